The highest BCUT2D eigenvalue weighted by Crippen LogP contribution is 2.18. The third-order valence-corrected chi connectivity index (χ3v) is 3.85. The Morgan fingerprint density at radius 1 is 0.900 bits per heavy atom. The summed E-state index contributed by atoms with van der Waals surface area (Å²) in [6.45, 7) is 2.91. The van der Waals surface area contributed by atoms with Gasteiger partial charge >= 0.3 is 0 Å². The topological polar surface area (TPSA) is 57.2 Å². The van der Waals surface area contributed by atoms with Crippen molar-refractivity contribution in [3.8, 4) is 0 Å². The van der Waals surface area contributed by atoms with Gasteiger partial charge in [-0.05, 0) is 44.9 Å². The van der Waals surface area contributed by atoms with Crippen molar-refractivity contribution in [2.24, 2.45) is 5.92 Å². The zero-order chi connectivity index (χ0) is 14.0. The fourth-order valence-corrected chi connectivity index (χ4v) is 2.57. The normalized spacial score (nSPS) is 29.2. The zero-order valence-electron chi connectivity index (χ0n) is 12.3. The van der Waals surface area contributed by atoms with Crippen molar-refractivity contribution in [1.82, 2.24) is 0 Å². The van der Waals surface area contributed by atoms with Gasteiger partial charge in [-0.15, -0.1) is 0 Å². The molecule has 2 aliphatic rings. The smallest absolute Gasteiger partial charge is 0.157 e. The molecule has 20 heavy (non-hydrogen) atoms. The van der Waals surface area contributed by atoms with E-state index in [1.807, 2.05) is 0 Å². The molecule has 0 amide bonds. The van der Waals surface area contributed by atoms with Crippen molar-refractivity contribution >= 4 is 0 Å². The predicted molar refractivity (Wildman–Crippen MR) is 74.3 cm³/mol. The van der Waals surface area contributed by atoms with E-state index in [1.54, 1.807) is 0 Å². The Bertz CT molecular complexity index is 214. The van der Waals surface area contributed by atoms with Gasteiger partial charge in [-0.25, -0.2) is 0 Å². The number of rotatable bonds is 8. The first-order chi connectivity index (χ1) is 9.88. The highest BCUT2D eigenvalue weighted by molar-refractivity contribution is 4.62. The van der Waals surface area contributed by atoms with E-state index >= 15 is 0 Å². The first-order valence-corrected chi connectivity index (χ1v) is 7.95. The van der Waals surface area contributed by atoms with E-state index in [-0.39, 0.29) is 25.1 Å². The minimum absolute atomic E-state index is 0.0733. The molecule has 0 spiro atoms. The van der Waals surface area contributed by atoms with Crippen LogP contribution in [-0.2, 0) is 18.9 Å². The molecule has 2 heterocycles. The molecule has 0 aromatic heterocycles. The van der Waals surface area contributed by atoms with Crippen LogP contribution in [0, 0.1) is 5.92 Å². The van der Waals surface area contributed by atoms with E-state index in [2.05, 4.69) is 0 Å². The average molecular weight is 288 g/mol. The van der Waals surface area contributed by atoms with Gasteiger partial charge in [0, 0.05) is 25.7 Å². The second-order valence-electron chi connectivity index (χ2n) is 5.64. The summed E-state index contributed by atoms with van der Waals surface area (Å²) in [4.78, 5) is 0. The maximum atomic E-state index is 9.14. The standard InChI is InChI=1S/C15H28O5/c16-8-7-13(11-19-14-5-1-3-9-17-14)12-20-15-6-2-4-10-18-15/h13-16H,1-12H2. The van der Waals surface area contributed by atoms with Crippen LogP contribution in [0.1, 0.15) is 44.9 Å². The highest BCUT2D eigenvalue weighted by atomic mass is 16.7. The molecule has 2 unspecified atom stereocenters. The molecular formula is C15H28O5. The summed E-state index contributed by atoms with van der Waals surface area (Å²) in [5, 5.41) is 9.14. The molecule has 2 rings (SSSR count). The van der Waals surface area contributed by atoms with Gasteiger partial charge in [0.1, 0.15) is 0 Å². The summed E-state index contributed by atoms with van der Waals surface area (Å²) in [5.41, 5.74) is 0. The highest BCUT2D eigenvalue weighted by Gasteiger charge is 2.20. The van der Waals surface area contributed by atoms with Crippen LogP contribution in [0.3, 0.4) is 0 Å². The Labute approximate surface area is 121 Å². The van der Waals surface area contributed by atoms with Crippen molar-refractivity contribution in [3.63, 3.8) is 0 Å². The fourth-order valence-electron chi connectivity index (χ4n) is 2.57. The molecule has 0 aromatic rings. The lowest BCUT2D eigenvalue weighted by Gasteiger charge is -2.27. The van der Waals surface area contributed by atoms with Crippen LogP contribution in [0.25, 0.3) is 0 Å². The number of aliphatic hydroxyl groups excluding tert-OH is 1. The van der Waals surface area contributed by atoms with E-state index in [4.69, 9.17) is 24.1 Å². The first-order valence-electron chi connectivity index (χ1n) is 7.95. The Hall–Kier alpha value is -0.200. The van der Waals surface area contributed by atoms with Crippen LogP contribution in [0.15, 0.2) is 0 Å². The van der Waals surface area contributed by atoms with Gasteiger partial charge in [-0.1, -0.05) is 0 Å². The second-order valence-corrected chi connectivity index (χ2v) is 5.64. The van der Waals surface area contributed by atoms with E-state index in [0.717, 1.165) is 38.9 Å². The van der Waals surface area contributed by atoms with Gasteiger partial charge in [0.15, 0.2) is 12.6 Å². The Morgan fingerprint density at radius 2 is 1.45 bits per heavy atom. The van der Waals surface area contributed by atoms with E-state index < -0.39 is 0 Å². The summed E-state index contributed by atoms with van der Waals surface area (Å²) >= 11 is 0. The maximum absolute atomic E-state index is 9.14. The Morgan fingerprint density at radius 3 is 1.85 bits per heavy atom. The molecule has 5 nitrogen and oxygen atoms in total. The van der Waals surface area contributed by atoms with Crippen LogP contribution in [0.2, 0.25) is 0 Å². The molecule has 0 bridgehead atoms. The van der Waals surface area contributed by atoms with Gasteiger partial charge in [-0.2, -0.15) is 0 Å². The van der Waals surface area contributed by atoms with Crippen molar-refractivity contribution < 1.29 is 24.1 Å². The molecule has 2 aliphatic heterocycles. The Balaban J connectivity index is 1.63. The van der Waals surface area contributed by atoms with Crippen LogP contribution in [0.4, 0.5) is 0 Å². The summed E-state index contributed by atoms with van der Waals surface area (Å²) in [5.74, 6) is 0.205. The van der Waals surface area contributed by atoms with Gasteiger partial charge in [0.25, 0.3) is 0 Å². The molecule has 118 valence electrons. The lowest BCUT2D eigenvalue weighted by Crippen LogP contribution is -2.29. The van der Waals surface area contributed by atoms with E-state index in [9.17, 15) is 0 Å². The largest absolute Gasteiger partial charge is 0.396 e. The molecule has 2 fully saturated rings. The molecule has 0 aliphatic carbocycles. The van der Waals surface area contributed by atoms with Crippen LogP contribution >= 0.6 is 0 Å². The average Bonchev–Trinajstić information content (AvgIpc) is 2.52. The number of ether oxygens (including phenoxy) is 4. The summed E-state index contributed by atoms with van der Waals surface area (Å²) in [6.07, 6.45) is 7.08. The van der Waals surface area contributed by atoms with Gasteiger partial charge in [-0.3, -0.25) is 0 Å². The van der Waals surface area contributed by atoms with Crippen molar-refractivity contribution in [1.29, 1.82) is 0 Å². The van der Waals surface area contributed by atoms with Gasteiger partial charge in [0.05, 0.1) is 13.2 Å². The molecule has 2 atom stereocenters. The SMILES string of the molecule is OCCC(COC1CCCCO1)COC1CCCCO1. The zero-order valence-corrected chi connectivity index (χ0v) is 12.3. The van der Waals surface area contributed by atoms with Gasteiger partial charge < -0.3 is 24.1 Å². The van der Waals surface area contributed by atoms with Crippen molar-refractivity contribution in [3.05, 3.63) is 0 Å². The molecule has 0 saturated carbocycles. The number of hydrogen-bond acceptors (Lipinski definition) is 5. The lowest BCUT2D eigenvalue weighted by atomic mass is 10.1. The van der Waals surface area contributed by atoms with Gasteiger partial charge in [0.2, 0.25) is 0 Å². The molecule has 2 saturated heterocycles. The summed E-state index contributed by atoms with van der Waals surface area (Å²) in [6, 6.07) is 0. The monoisotopic (exact) mass is 288 g/mol. The number of hydrogen-bond donors (Lipinski definition) is 1. The fraction of sp³-hybridized carbons (Fsp3) is 1.00. The van der Waals surface area contributed by atoms with Crippen LogP contribution in [-0.4, -0.2) is 50.7 Å². The maximum Gasteiger partial charge on any atom is 0.157 e. The van der Waals surface area contributed by atoms with E-state index in [1.165, 1.54) is 12.8 Å². The minimum Gasteiger partial charge on any atom is -0.396 e. The quantitative estimate of drug-likeness (QED) is 0.741. The van der Waals surface area contributed by atoms with Crippen LogP contribution < -0.4 is 0 Å². The minimum atomic E-state index is -0.0733. The summed E-state index contributed by atoms with van der Waals surface area (Å²) < 4.78 is 22.7. The molecule has 1 N–H and O–H groups in total. The molecule has 0 aromatic carbocycles. The third kappa shape index (κ3) is 6.06. The third-order valence-electron chi connectivity index (χ3n) is 3.85. The van der Waals surface area contributed by atoms with Crippen molar-refractivity contribution in [2.45, 2.75) is 57.5 Å². The Kier molecular flexibility index (Phi) is 7.83. The van der Waals surface area contributed by atoms with Crippen molar-refractivity contribution in [2.75, 3.05) is 33.0 Å². The first kappa shape index (κ1) is 16.2. The number of aliphatic hydroxyl groups is 1. The van der Waals surface area contributed by atoms with Crippen LogP contribution in [0.5, 0.6) is 0 Å². The molecular weight excluding hydrogens is 260 g/mol. The molecule has 5 heteroatoms. The summed E-state index contributed by atoms with van der Waals surface area (Å²) in [7, 11) is 0. The van der Waals surface area contributed by atoms with E-state index in [0.29, 0.717) is 19.6 Å². The molecule has 0 radical (unpaired) electrons. The predicted octanol–water partition coefficient (Wildman–Crippen LogP) is 2.07. The lowest BCUT2D eigenvalue weighted by molar-refractivity contribution is -0.191. The second kappa shape index (κ2) is 9.68.